The van der Waals surface area contributed by atoms with E-state index in [0.29, 0.717) is 11.4 Å². The molecule has 1 N–H and O–H groups in total. The first-order valence-electron chi connectivity index (χ1n) is 6.94. The summed E-state index contributed by atoms with van der Waals surface area (Å²) in [6.45, 7) is 6.95. The quantitative estimate of drug-likeness (QED) is 0.901. The van der Waals surface area contributed by atoms with Gasteiger partial charge in [-0.1, -0.05) is 0 Å². The molecule has 0 aliphatic heterocycles. The van der Waals surface area contributed by atoms with Gasteiger partial charge in [-0.25, -0.2) is 17.2 Å². The molecule has 0 bridgehead atoms. The molecule has 128 valence electrons. The Kier molecular flexibility index (Phi) is 4.47. The summed E-state index contributed by atoms with van der Waals surface area (Å²) in [7, 11) is -2.72. The molecule has 0 unspecified atom stereocenters. The monoisotopic (exact) mass is 347 g/mol. The van der Waals surface area contributed by atoms with Gasteiger partial charge in [-0.05, 0) is 27.7 Å². The van der Waals surface area contributed by atoms with Crippen LogP contribution in [0, 0.1) is 13.8 Å². The van der Waals surface area contributed by atoms with Crippen molar-refractivity contribution in [2.75, 3.05) is 4.72 Å². The highest BCUT2D eigenvalue weighted by Gasteiger charge is 2.28. The number of anilines is 1. The SMILES string of the molecule is Cc1nn(C(C)C)c(C)c1S(=O)(=O)Nc1cnn(C)c1C(F)F. The molecule has 0 spiro atoms. The number of aromatic nitrogens is 4. The van der Waals surface area contributed by atoms with Gasteiger partial charge in [0, 0.05) is 13.1 Å². The summed E-state index contributed by atoms with van der Waals surface area (Å²) in [6.07, 6.45) is -1.78. The van der Waals surface area contributed by atoms with E-state index in [1.165, 1.54) is 7.05 Å². The van der Waals surface area contributed by atoms with Crippen LogP contribution in [0.3, 0.4) is 0 Å². The van der Waals surface area contributed by atoms with Gasteiger partial charge in [0.1, 0.15) is 10.6 Å². The Bertz CT molecular complexity index is 824. The summed E-state index contributed by atoms with van der Waals surface area (Å²) < 4.78 is 56.1. The number of rotatable bonds is 5. The summed E-state index contributed by atoms with van der Waals surface area (Å²) in [4.78, 5) is -0.00438. The lowest BCUT2D eigenvalue weighted by atomic mass is 10.3. The fourth-order valence-electron chi connectivity index (χ4n) is 2.52. The van der Waals surface area contributed by atoms with Crippen molar-refractivity contribution in [3.05, 3.63) is 23.3 Å². The molecule has 0 aliphatic rings. The lowest BCUT2D eigenvalue weighted by Gasteiger charge is -2.11. The molecule has 2 aromatic rings. The minimum absolute atomic E-state index is 0.00438. The second-order valence-corrected chi connectivity index (χ2v) is 7.13. The predicted molar refractivity (Wildman–Crippen MR) is 81.1 cm³/mol. The van der Waals surface area contributed by atoms with Gasteiger partial charge in [0.2, 0.25) is 0 Å². The molecular formula is C13H19F2N5O2S. The predicted octanol–water partition coefficient (Wildman–Crippen LogP) is 2.55. The zero-order valence-corrected chi connectivity index (χ0v) is 14.3. The van der Waals surface area contributed by atoms with Crippen molar-refractivity contribution in [1.82, 2.24) is 19.6 Å². The number of hydrogen-bond donors (Lipinski definition) is 1. The molecule has 0 fully saturated rings. The Labute approximate surface area is 133 Å². The fourth-order valence-corrected chi connectivity index (χ4v) is 3.98. The van der Waals surface area contributed by atoms with Crippen LogP contribution in [0.25, 0.3) is 0 Å². The van der Waals surface area contributed by atoms with E-state index < -0.39 is 22.1 Å². The van der Waals surface area contributed by atoms with Crippen LogP contribution in [0.1, 0.15) is 43.4 Å². The number of alkyl halides is 2. The van der Waals surface area contributed by atoms with E-state index in [4.69, 9.17) is 0 Å². The number of hydrogen-bond acceptors (Lipinski definition) is 4. The third-order valence-electron chi connectivity index (χ3n) is 3.45. The van der Waals surface area contributed by atoms with Crippen LogP contribution in [-0.2, 0) is 17.1 Å². The molecule has 2 rings (SSSR count). The van der Waals surface area contributed by atoms with Gasteiger partial charge in [-0.2, -0.15) is 10.2 Å². The molecule has 23 heavy (non-hydrogen) atoms. The second-order valence-electron chi connectivity index (χ2n) is 5.51. The van der Waals surface area contributed by atoms with Crippen molar-refractivity contribution < 1.29 is 17.2 Å². The minimum atomic E-state index is -4.05. The minimum Gasteiger partial charge on any atom is -0.276 e. The average Bonchev–Trinajstić information content (AvgIpc) is 2.89. The molecule has 7 nitrogen and oxygen atoms in total. The van der Waals surface area contributed by atoms with Crippen molar-refractivity contribution in [2.45, 2.75) is 45.1 Å². The Hall–Kier alpha value is -1.97. The van der Waals surface area contributed by atoms with Gasteiger partial charge in [0.15, 0.2) is 0 Å². The van der Waals surface area contributed by atoms with Crippen molar-refractivity contribution in [3.8, 4) is 0 Å². The largest absolute Gasteiger partial charge is 0.282 e. The van der Waals surface area contributed by atoms with Crippen LogP contribution in [-0.4, -0.2) is 28.0 Å². The van der Waals surface area contributed by atoms with Crippen LogP contribution < -0.4 is 4.72 Å². The summed E-state index contributed by atoms with van der Waals surface area (Å²) in [5.74, 6) is 0. The van der Waals surface area contributed by atoms with E-state index in [0.717, 1.165) is 10.9 Å². The summed E-state index contributed by atoms with van der Waals surface area (Å²) in [5.41, 5.74) is 0.0393. The van der Waals surface area contributed by atoms with Crippen molar-refractivity contribution >= 4 is 15.7 Å². The van der Waals surface area contributed by atoms with Crippen LogP contribution in [0.5, 0.6) is 0 Å². The van der Waals surface area contributed by atoms with Crippen LogP contribution in [0.2, 0.25) is 0 Å². The molecular weight excluding hydrogens is 328 g/mol. The number of aryl methyl sites for hydroxylation is 2. The Balaban J connectivity index is 2.49. The van der Waals surface area contributed by atoms with Gasteiger partial charge in [-0.15, -0.1) is 0 Å². The molecule has 0 amide bonds. The average molecular weight is 347 g/mol. The first kappa shape index (κ1) is 17.4. The Morgan fingerprint density at radius 2 is 1.87 bits per heavy atom. The molecule has 2 heterocycles. The molecule has 0 aromatic carbocycles. The summed E-state index contributed by atoms with van der Waals surface area (Å²) in [6, 6.07) is -0.0207. The van der Waals surface area contributed by atoms with Crippen LogP contribution in [0.4, 0.5) is 14.5 Å². The highest BCUT2D eigenvalue weighted by molar-refractivity contribution is 7.92. The highest BCUT2D eigenvalue weighted by atomic mass is 32.2. The summed E-state index contributed by atoms with van der Waals surface area (Å²) >= 11 is 0. The fraction of sp³-hybridized carbons (Fsp3) is 0.538. The maximum Gasteiger partial charge on any atom is 0.282 e. The van der Waals surface area contributed by atoms with Gasteiger partial charge in [0.25, 0.3) is 16.4 Å². The van der Waals surface area contributed by atoms with Gasteiger partial charge >= 0.3 is 0 Å². The Morgan fingerprint density at radius 1 is 1.26 bits per heavy atom. The topological polar surface area (TPSA) is 81.8 Å². The van der Waals surface area contributed by atoms with Crippen molar-refractivity contribution in [3.63, 3.8) is 0 Å². The zero-order chi connectivity index (χ0) is 17.5. The molecule has 10 heteroatoms. The number of nitrogens with one attached hydrogen (secondary N) is 1. The highest BCUT2D eigenvalue weighted by Crippen LogP contribution is 2.30. The third-order valence-corrected chi connectivity index (χ3v) is 5.07. The van der Waals surface area contributed by atoms with Gasteiger partial charge in [0.05, 0.1) is 23.3 Å². The maximum absolute atomic E-state index is 13.1. The van der Waals surface area contributed by atoms with Gasteiger partial charge < -0.3 is 0 Å². The lowest BCUT2D eigenvalue weighted by molar-refractivity contribution is 0.141. The Morgan fingerprint density at radius 3 is 2.35 bits per heavy atom. The number of sulfonamides is 1. The van der Waals surface area contributed by atoms with E-state index in [9.17, 15) is 17.2 Å². The number of nitrogens with zero attached hydrogens (tertiary/aromatic N) is 4. The van der Waals surface area contributed by atoms with E-state index >= 15 is 0 Å². The third kappa shape index (κ3) is 3.07. The standard InChI is InChI=1S/C13H19F2N5O2S/c1-7(2)20-9(4)12(8(3)17-20)23(21,22)18-10-6-16-19(5)11(10)13(14)15/h6-7,13,18H,1-5H3. The second kappa shape index (κ2) is 5.91. The molecule has 0 aliphatic carbocycles. The molecule has 0 atom stereocenters. The van der Waals surface area contributed by atoms with Crippen LogP contribution >= 0.6 is 0 Å². The zero-order valence-electron chi connectivity index (χ0n) is 13.5. The first-order chi connectivity index (χ1) is 10.6. The first-order valence-corrected chi connectivity index (χ1v) is 8.43. The van der Waals surface area contributed by atoms with Crippen molar-refractivity contribution in [2.24, 2.45) is 7.05 Å². The van der Waals surface area contributed by atoms with E-state index in [1.54, 1.807) is 18.5 Å². The van der Waals surface area contributed by atoms with Crippen LogP contribution in [0.15, 0.2) is 11.1 Å². The number of halogens is 2. The molecule has 2 aromatic heterocycles. The summed E-state index contributed by atoms with van der Waals surface area (Å²) in [5, 5.41) is 7.89. The lowest BCUT2D eigenvalue weighted by Crippen LogP contribution is -2.16. The van der Waals surface area contributed by atoms with Crippen molar-refractivity contribution in [1.29, 1.82) is 0 Å². The maximum atomic E-state index is 13.1. The molecule has 0 saturated heterocycles. The molecule has 0 saturated carbocycles. The van der Waals surface area contributed by atoms with E-state index in [-0.39, 0.29) is 16.6 Å². The van der Waals surface area contributed by atoms with Gasteiger partial charge in [-0.3, -0.25) is 14.1 Å². The smallest absolute Gasteiger partial charge is 0.276 e. The normalized spacial score (nSPS) is 12.4. The van der Waals surface area contributed by atoms with E-state index in [1.807, 2.05) is 13.8 Å². The van der Waals surface area contributed by atoms with E-state index in [2.05, 4.69) is 14.9 Å². The molecule has 0 radical (unpaired) electrons.